The topological polar surface area (TPSA) is 60.0 Å². The Morgan fingerprint density at radius 1 is 1.16 bits per heavy atom. The van der Waals surface area contributed by atoms with E-state index in [2.05, 4.69) is 52.1 Å². The van der Waals surface area contributed by atoms with Gasteiger partial charge in [0.25, 0.3) is 0 Å². The minimum Gasteiger partial charge on any atom is -0.354 e. The zero-order valence-corrected chi connectivity index (χ0v) is 19.7. The standard InChI is InChI=1S/C24H35N5OS/c1-19-11-13-29(14-12-19)21(22-10-7-15-31-22)17-26-24(27-18-23(30)28(2)3)25-16-20-8-5-4-6-9-20/h4-10,15,19,21H,11-14,16-18H2,1-3H3,(H2,25,26,27). The number of likely N-dealkylation sites (tertiary alicyclic amines) is 1. The Morgan fingerprint density at radius 2 is 1.90 bits per heavy atom. The predicted octanol–water partition coefficient (Wildman–Crippen LogP) is 3.34. The van der Waals surface area contributed by atoms with Gasteiger partial charge in [0.05, 0.1) is 19.1 Å². The van der Waals surface area contributed by atoms with Gasteiger partial charge in [-0.15, -0.1) is 11.3 Å². The SMILES string of the molecule is CC1CCN(C(CNC(=NCc2ccccc2)NCC(=O)N(C)C)c2cccs2)CC1. The minimum atomic E-state index is 0.0223. The van der Waals surface area contributed by atoms with Crippen LogP contribution in [0.25, 0.3) is 0 Å². The number of nitrogens with zero attached hydrogens (tertiary/aromatic N) is 3. The Labute approximate surface area is 190 Å². The van der Waals surface area contributed by atoms with Crippen molar-refractivity contribution in [2.75, 3.05) is 40.3 Å². The number of carbonyl (C=O) groups is 1. The molecule has 2 aromatic rings. The molecule has 1 saturated heterocycles. The number of thiophene rings is 1. The molecule has 0 saturated carbocycles. The van der Waals surface area contributed by atoms with Crippen molar-refractivity contribution in [3.63, 3.8) is 0 Å². The van der Waals surface area contributed by atoms with Gasteiger partial charge in [-0.2, -0.15) is 0 Å². The molecule has 31 heavy (non-hydrogen) atoms. The van der Waals surface area contributed by atoms with Crippen LogP contribution < -0.4 is 10.6 Å². The number of hydrogen-bond acceptors (Lipinski definition) is 4. The van der Waals surface area contributed by atoms with E-state index in [1.165, 1.54) is 17.7 Å². The van der Waals surface area contributed by atoms with Crippen LogP contribution in [0.15, 0.2) is 52.8 Å². The van der Waals surface area contributed by atoms with Gasteiger partial charge in [-0.1, -0.05) is 43.3 Å². The summed E-state index contributed by atoms with van der Waals surface area (Å²) in [6, 6.07) is 14.8. The summed E-state index contributed by atoms with van der Waals surface area (Å²) in [5, 5.41) is 8.87. The van der Waals surface area contributed by atoms with E-state index in [0.29, 0.717) is 18.5 Å². The van der Waals surface area contributed by atoms with Gasteiger partial charge < -0.3 is 15.5 Å². The van der Waals surface area contributed by atoms with Crippen molar-refractivity contribution in [2.45, 2.75) is 32.4 Å². The van der Waals surface area contributed by atoms with Crippen LogP contribution in [-0.2, 0) is 11.3 Å². The Kier molecular flexibility index (Phi) is 8.91. The van der Waals surface area contributed by atoms with Gasteiger partial charge in [0.1, 0.15) is 0 Å². The quantitative estimate of drug-likeness (QED) is 0.487. The summed E-state index contributed by atoms with van der Waals surface area (Å²) in [6.45, 7) is 6.13. The van der Waals surface area contributed by atoms with Gasteiger partial charge in [0, 0.05) is 25.5 Å². The fraction of sp³-hybridized carbons (Fsp3) is 0.500. The van der Waals surface area contributed by atoms with Crippen molar-refractivity contribution in [3.05, 3.63) is 58.3 Å². The van der Waals surface area contributed by atoms with Gasteiger partial charge in [-0.05, 0) is 48.9 Å². The van der Waals surface area contributed by atoms with E-state index in [1.54, 1.807) is 30.3 Å². The van der Waals surface area contributed by atoms with Crippen LogP contribution in [0, 0.1) is 5.92 Å². The second-order valence-corrected chi connectivity index (χ2v) is 9.40. The lowest BCUT2D eigenvalue weighted by Crippen LogP contribution is -2.47. The minimum absolute atomic E-state index is 0.0223. The predicted molar refractivity (Wildman–Crippen MR) is 129 cm³/mol. The number of amides is 1. The summed E-state index contributed by atoms with van der Waals surface area (Å²) in [5.74, 6) is 1.50. The third-order valence-corrected chi connectivity index (χ3v) is 6.74. The number of carbonyl (C=O) groups excluding carboxylic acids is 1. The van der Waals surface area contributed by atoms with Gasteiger partial charge in [0.15, 0.2) is 5.96 Å². The van der Waals surface area contributed by atoms with Crippen molar-refractivity contribution in [3.8, 4) is 0 Å². The van der Waals surface area contributed by atoms with Crippen molar-refractivity contribution in [1.29, 1.82) is 0 Å². The van der Waals surface area contributed by atoms with Crippen LogP contribution in [0.4, 0.5) is 0 Å². The fourth-order valence-corrected chi connectivity index (χ4v) is 4.53. The number of hydrogen-bond donors (Lipinski definition) is 2. The third kappa shape index (κ3) is 7.36. The fourth-order valence-electron chi connectivity index (χ4n) is 3.67. The summed E-state index contributed by atoms with van der Waals surface area (Å²) in [6.07, 6.45) is 2.48. The lowest BCUT2D eigenvalue weighted by atomic mass is 9.97. The first-order valence-corrected chi connectivity index (χ1v) is 11.9. The molecule has 1 aliphatic rings. The first-order valence-electron chi connectivity index (χ1n) is 11.1. The van der Waals surface area contributed by atoms with E-state index >= 15 is 0 Å². The molecule has 7 heteroatoms. The molecule has 1 aromatic carbocycles. The summed E-state index contributed by atoms with van der Waals surface area (Å²) in [7, 11) is 3.53. The second kappa shape index (κ2) is 11.9. The number of likely N-dealkylation sites (N-methyl/N-ethyl adjacent to an activating group) is 1. The van der Waals surface area contributed by atoms with Crippen LogP contribution in [0.2, 0.25) is 0 Å². The van der Waals surface area contributed by atoms with E-state index in [0.717, 1.165) is 31.1 Å². The molecule has 0 spiro atoms. The molecule has 1 unspecified atom stereocenters. The van der Waals surface area contributed by atoms with Gasteiger partial charge in [-0.25, -0.2) is 4.99 Å². The Balaban J connectivity index is 1.68. The van der Waals surface area contributed by atoms with Crippen LogP contribution in [0.1, 0.15) is 36.2 Å². The first kappa shape index (κ1) is 23.3. The molecule has 1 aromatic heterocycles. The lowest BCUT2D eigenvalue weighted by molar-refractivity contribution is -0.127. The average molecular weight is 442 g/mol. The molecule has 1 atom stereocenters. The lowest BCUT2D eigenvalue weighted by Gasteiger charge is -2.36. The van der Waals surface area contributed by atoms with E-state index < -0.39 is 0 Å². The Hall–Kier alpha value is -2.38. The van der Waals surface area contributed by atoms with Crippen LogP contribution in [0.5, 0.6) is 0 Å². The molecule has 6 nitrogen and oxygen atoms in total. The molecule has 0 bridgehead atoms. The monoisotopic (exact) mass is 441 g/mol. The largest absolute Gasteiger partial charge is 0.354 e. The molecule has 0 radical (unpaired) electrons. The highest BCUT2D eigenvalue weighted by Gasteiger charge is 2.25. The molecule has 0 aliphatic carbocycles. The molecule has 2 N–H and O–H groups in total. The van der Waals surface area contributed by atoms with Crippen molar-refractivity contribution in [1.82, 2.24) is 20.4 Å². The summed E-state index contributed by atoms with van der Waals surface area (Å²) < 4.78 is 0. The van der Waals surface area contributed by atoms with E-state index in [-0.39, 0.29) is 12.5 Å². The highest BCUT2D eigenvalue weighted by atomic mass is 32.1. The molecule has 1 fully saturated rings. The number of nitrogens with one attached hydrogen (secondary N) is 2. The highest BCUT2D eigenvalue weighted by molar-refractivity contribution is 7.10. The maximum absolute atomic E-state index is 12.1. The van der Waals surface area contributed by atoms with Gasteiger partial charge in [0.2, 0.25) is 5.91 Å². The van der Waals surface area contributed by atoms with Crippen molar-refractivity contribution >= 4 is 23.2 Å². The maximum atomic E-state index is 12.1. The number of guanidine groups is 1. The molecule has 2 heterocycles. The number of piperidine rings is 1. The Morgan fingerprint density at radius 3 is 2.55 bits per heavy atom. The first-order chi connectivity index (χ1) is 15.0. The maximum Gasteiger partial charge on any atom is 0.241 e. The highest BCUT2D eigenvalue weighted by Crippen LogP contribution is 2.29. The molecule has 3 rings (SSSR count). The van der Waals surface area contributed by atoms with E-state index in [9.17, 15) is 4.79 Å². The molecular formula is C24H35N5OS. The van der Waals surface area contributed by atoms with Crippen LogP contribution >= 0.6 is 11.3 Å². The molecular weight excluding hydrogens is 406 g/mol. The normalized spacial score (nSPS) is 16.7. The molecule has 1 aliphatic heterocycles. The number of benzene rings is 1. The third-order valence-electron chi connectivity index (χ3n) is 5.76. The zero-order chi connectivity index (χ0) is 22.1. The van der Waals surface area contributed by atoms with Crippen LogP contribution in [0.3, 0.4) is 0 Å². The van der Waals surface area contributed by atoms with Crippen molar-refractivity contribution in [2.24, 2.45) is 10.9 Å². The second-order valence-electron chi connectivity index (χ2n) is 8.42. The summed E-state index contributed by atoms with van der Waals surface area (Å²) in [4.78, 5) is 22.4. The molecule has 1 amide bonds. The molecule has 168 valence electrons. The number of rotatable bonds is 8. The van der Waals surface area contributed by atoms with E-state index in [1.807, 2.05) is 18.2 Å². The van der Waals surface area contributed by atoms with Gasteiger partial charge in [-0.3, -0.25) is 9.69 Å². The number of aliphatic imine (C=N–C) groups is 1. The van der Waals surface area contributed by atoms with Gasteiger partial charge >= 0.3 is 0 Å². The van der Waals surface area contributed by atoms with Crippen molar-refractivity contribution < 1.29 is 4.79 Å². The van der Waals surface area contributed by atoms with E-state index in [4.69, 9.17) is 4.99 Å². The summed E-state index contributed by atoms with van der Waals surface area (Å²) in [5.41, 5.74) is 1.14. The average Bonchev–Trinajstić information content (AvgIpc) is 3.31. The Bertz CT molecular complexity index is 814. The van der Waals surface area contributed by atoms with Crippen LogP contribution in [-0.4, -0.2) is 61.9 Å². The smallest absolute Gasteiger partial charge is 0.241 e. The zero-order valence-electron chi connectivity index (χ0n) is 18.9. The summed E-state index contributed by atoms with van der Waals surface area (Å²) >= 11 is 1.81.